The van der Waals surface area contributed by atoms with Gasteiger partial charge in [-0.2, -0.15) is 0 Å². The van der Waals surface area contributed by atoms with Crippen molar-refractivity contribution in [2.24, 2.45) is 0 Å². The van der Waals surface area contributed by atoms with Gasteiger partial charge in [0.15, 0.2) is 0 Å². The smallest absolute Gasteiger partial charge is 0.305 e. The van der Waals surface area contributed by atoms with Crippen LogP contribution < -0.4 is 4.72 Å². The first kappa shape index (κ1) is 16.0. The second-order valence-corrected chi connectivity index (χ2v) is 8.27. The molecule has 0 spiro atoms. The molecule has 0 aliphatic heterocycles. The average molecular weight is 333 g/mol. The number of hydrogen-bond donors (Lipinski definition) is 2. The maximum absolute atomic E-state index is 12.8. The van der Waals surface area contributed by atoms with E-state index in [0.717, 1.165) is 18.2 Å². The minimum absolute atomic E-state index is 0.207. The van der Waals surface area contributed by atoms with E-state index in [2.05, 4.69) is 4.72 Å². The number of carboxylic acids is 1. The molecule has 23 heavy (non-hydrogen) atoms. The molecule has 0 atom stereocenters. The number of benzene rings is 2. The highest BCUT2D eigenvalue weighted by atomic mass is 32.2. The van der Waals surface area contributed by atoms with Crippen LogP contribution in [0.5, 0.6) is 0 Å². The summed E-state index contributed by atoms with van der Waals surface area (Å²) in [6.07, 6.45) is 1.57. The Labute approximate surface area is 135 Å². The van der Waals surface area contributed by atoms with Crippen LogP contribution >= 0.6 is 0 Å². The van der Waals surface area contributed by atoms with Gasteiger partial charge in [0, 0.05) is 10.9 Å². The summed E-state index contributed by atoms with van der Waals surface area (Å²) in [5.74, 6) is -1.04. The van der Waals surface area contributed by atoms with Crippen molar-refractivity contribution in [3.05, 3.63) is 41.5 Å². The van der Waals surface area contributed by atoms with Crippen LogP contribution in [-0.2, 0) is 27.7 Å². The van der Waals surface area contributed by atoms with Crippen molar-refractivity contribution >= 4 is 26.8 Å². The Hall–Kier alpha value is -1.92. The van der Waals surface area contributed by atoms with Crippen LogP contribution in [-0.4, -0.2) is 25.0 Å². The fourth-order valence-electron chi connectivity index (χ4n) is 3.29. The lowest BCUT2D eigenvalue weighted by Crippen LogP contribution is -2.44. The van der Waals surface area contributed by atoms with Crippen LogP contribution in [0.15, 0.2) is 35.2 Å². The lowest BCUT2D eigenvalue weighted by atomic mass is 10.0. The number of aliphatic carboxylic acids is 1. The van der Waals surface area contributed by atoms with E-state index in [1.54, 1.807) is 19.9 Å². The van der Waals surface area contributed by atoms with Gasteiger partial charge in [0.25, 0.3) is 0 Å². The van der Waals surface area contributed by atoms with Gasteiger partial charge in [-0.15, -0.1) is 0 Å². The zero-order valence-electron chi connectivity index (χ0n) is 13.1. The SMILES string of the molecule is CC(C)(CC(=O)O)NS(=O)(=O)c1ccc2c3c(cccc13)CC2. The number of hydrogen-bond acceptors (Lipinski definition) is 3. The molecule has 2 N–H and O–H groups in total. The topological polar surface area (TPSA) is 83.5 Å². The summed E-state index contributed by atoms with van der Waals surface area (Å²) >= 11 is 0. The second-order valence-electron chi connectivity index (χ2n) is 6.62. The summed E-state index contributed by atoms with van der Waals surface area (Å²) < 4.78 is 28.1. The van der Waals surface area contributed by atoms with Crippen molar-refractivity contribution in [2.45, 2.75) is 43.5 Å². The average Bonchev–Trinajstić information content (AvgIpc) is 2.81. The summed E-state index contributed by atoms with van der Waals surface area (Å²) in [6.45, 7) is 3.14. The monoisotopic (exact) mass is 333 g/mol. The van der Waals surface area contributed by atoms with Gasteiger partial charge in [-0.3, -0.25) is 4.79 Å². The molecule has 3 rings (SSSR count). The Kier molecular flexibility index (Phi) is 3.69. The summed E-state index contributed by atoms with van der Waals surface area (Å²) in [7, 11) is -3.81. The Bertz CT molecular complexity index is 890. The van der Waals surface area contributed by atoms with Gasteiger partial charge >= 0.3 is 5.97 Å². The van der Waals surface area contributed by atoms with Gasteiger partial charge in [0.2, 0.25) is 10.0 Å². The first-order valence-corrected chi connectivity index (χ1v) is 8.97. The summed E-state index contributed by atoms with van der Waals surface area (Å²) in [4.78, 5) is 11.1. The fourth-order valence-corrected chi connectivity index (χ4v) is 4.90. The molecular formula is C17H19NO4S. The van der Waals surface area contributed by atoms with Crippen LogP contribution in [0.4, 0.5) is 0 Å². The van der Waals surface area contributed by atoms with Crippen LogP contribution in [0.1, 0.15) is 31.4 Å². The largest absolute Gasteiger partial charge is 0.481 e. The van der Waals surface area contributed by atoms with E-state index in [9.17, 15) is 13.2 Å². The Morgan fingerprint density at radius 1 is 1.17 bits per heavy atom. The van der Waals surface area contributed by atoms with E-state index < -0.39 is 21.5 Å². The molecule has 1 aliphatic carbocycles. The van der Waals surface area contributed by atoms with E-state index in [1.165, 1.54) is 11.1 Å². The Morgan fingerprint density at radius 2 is 1.83 bits per heavy atom. The maximum Gasteiger partial charge on any atom is 0.305 e. The zero-order chi connectivity index (χ0) is 16.8. The molecule has 5 nitrogen and oxygen atoms in total. The number of aryl methyl sites for hydroxylation is 2. The van der Waals surface area contributed by atoms with Gasteiger partial charge in [-0.05, 0) is 49.3 Å². The number of rotatable bonds is 5. The van der Waals surface area contributed by atoms with Crippen LogP contribution in [0.2, 0.25) is 0 Å². The van der Waals surface area contributed by atoms with Crippen LogP contribution in [0.3, 0.4) is 0 Å². The van der Waals surface area contributed by atoms with Gasteiger partial charge in [-0.25, -0.2) is 13.1 Å². The highest BCUT2D eigenvalue weighted by molar-refractivity contribution is 7.89. The molecule has 0 saturated carbocycles. The number of sulfonamides is 1. The standard InChI is InChI=1S/C17H19NO4S/c1-17(2,10-15(19)20)18-23(21,22)14-9-8-12-7-6-11-4-3-5-13(14)16(11)12/h3-5,8-9,18H,6-7,10H2,1-2H3,(H,19,20). The molecule has 6 heteroatoms. The first-order chi connectivity index (χ1) is 10.7. The number of carboxylic acid groups (broad SMARTS) is 1. The van der Waals surface area contributed by atoms with Gasteiger partial charge in [0.05, 0.1) is 11.3 Å². The Balaban J connectivity index is 2.08. The fraction of sp³-hybridized carbons (Fsp3) is 0.353. The molecule has 0 unspecified atom stereocenters. The molecule has 0 bridgehead atoms. The minimum Gasteiger partial charge on any atom is -0.481 e. The molecule has 0 saturated heterocycles. The van der Waals surface area contributed by atoms with E-state index >= 15 is 0 Å². The molecule has 1 aliphatic rings. The molecule has 2 aromatic carbocycles. The molecule has 0 radical (unpaired) electrons. The van der Waals surface area contributed by atoms with Crippen LogP contribution in [0, 0.1) is 0 Å². The highest BCUT2D eigenvalue weighted by Crippen LogP contribution is 2.34. The van der Waals surface area contributed by atoms with Gasteiger partial charge in [-0.1, -0.05) is 24.3 Å². The Morgan fingerprint density at radius 3 is 2.48 bits per heavy atom. The number of carbonyl (C=O) groups is 1. The predicted octanol–water partition coefficient (Wildman–Crippen LogP) is 2.47. The third-order valence-electron chi connectivity index (χ3n) is 4.13. The van der Waals surface area contributed by atoms with E-state index in [-0.39, 0.29) is 11.3 Å². The van der Waals surface area contributed by atoms with Crippen molar-refractivity contribution in [3.8, 4) is 0 Å². The van der Waals surface area contributed by atoms with Crippen molar-refractivity contribution in [1.29, 1.82) is 0 Å². The second kappa shape index (κ2) is 5.32. The normalized spacial score (nSPS) is 14.3. The number of nitrogens with one attached hydrogen (secondary N) is 1. The molecular weight excluding hydrogens is 314 g/mol. The van der Waals surface area contributed by atoms with Gasteiger partial charge < -0.3 is 5.11 Å². The van der Waals surface area contributed by atoms with Gasteiger partial charge in [0.1, 0.15) is 0 Å². The van der Waals surface area contributed by atoms with E-state index in [0.29, 0.717) is 5.39 Å². The third-order valence-corrected chi connectivity index (χ3v) is 5.89. The molecule has 0 amide bonds. The van der Waals surface area contributed by atoms with Crippen LogP contribution in [0.25, 0.3) is 10.8 Å². The molecule has 0 fully saturated rings. The lowest BCUT2D eigenvalue weighted by molar-refractivity contribution is -0.138. The van der Waals surface area contributed by atoms with Crippen molar-refractivity contribution in [1.82, 2.24) is 4.72 Å². The summed E-state index contributed by atoms with van der Waals surface area (Å²) in [6, 6.07) is 9.18. The van der Waals surface area contributed by atoms with Crippen molar-refractivity contribution in [2.75, 3.05) is 0 Å². The minimum atomic E-state index is -3.81. The summed E-state index contributed by atoms with van der Waals surface area (Å²) in [5, 5.41) is 10.7. The lowest BCUT2D eigenvalue weighted by Gasteiger charge is -2.24. The maximum atomic E-state index is 12.8. The first-order valence-electron chi connectivity index (χ1n) is 7.49. The molecule has 122 valence electrons. The zero-order valence-corrected chi connectivity index (χ0v) is 13.9. The molecule has 0 aromatic heterocycles. The quantitative estimate of drug-likeness (QED) is 0.880. The van der Waals surface area contributed by atoms with E-state index in [1.807, 2.05) is 24.3 Å². The predicted molar refractivity (Wildman–Crippen MR) is 88.0 cm³/mol. The molecule has 0 heterocycles. The highest BCUT2D eigenvalue weighted by Gasteiger charge is 2.30. The van der Waals surface area contributed by atoms with Crippen molar-refractivity contribution < 1.29 is 18.3 Å². The van der Waals surface area contributed by atoms with E-state index in [4.69, 9.17) is 5.11 Å². The third kappa shape index (κ3) is 2.96. The summed E-state index contributed by atoms with van der Waals surface area (Å²) in [5.41, 5.74) is 1.27. The van der Waals surface area contributed by atoms with Crippen molar-refractivity contribution in [3.63, 3.8) is 0 Å². The molecule has 2 aromatic rings.